The van der Waals surface area contributed by atoms with Gasteiger partial charge in [0.05, 0.1) is 11.0 Å². The minimum absolute atomic E-state index is 0.790. The number of aromatic nitrogens is 1. The molecule has 1 nitrogen and oxygen atoms in total. The second kappa shape index (κ2) is 15.8. The van der Waals surface area contributed by atoms with Crippen molar-refractivity contribution in [3.05, 3.63) is 151 Å². The Morgan fingerprint density at radius 1 is 0.627 bits per heavy atom. The van der Waals surface area contributed by atoms with Crippen molar-refractivity contribution in [2.75, 3.05) is 0 Å². The summed E-state index contributed by atoms with van der Waals surface area (Å²) in [7, 11) is 11.4. The normalized spacial score (nSPS) is 13.9. The molecule has 0 atom stereocenters. The number of para-hydroxylation sites is 2. The Labute approximate surface area is 317 Å². The van der Waals surface area contributed by atoms with E-state index in [9.17, 15) is 0 Å². The molecular formula is C46H42Cl2NSiZr-2. The molecule has 255 valence electrons. The van der Waals surface area contributed by atoms with Crippen LogP contribution in [0.25, 0.3) is 60.2 Å². The molecule has 1 aromatic heterocycles. The molecule has 1 radical (unpaired) electrons. The van der Waals surface area contributed by atoms with Gasteiger partial charge in [0.15, 0.2) is 0 Å². The summed E-state index contributed by atoms with van der Waals surface area (Å²) in [6.45, 7) is 2.19. The Morgan fingerprint density at radius 3 is 1.76 bits per heavy atom. The monoisotopic (exact) mass is 796 g/mol. The molecule has 0 aliphatic heterocycles. The van der Waals surface area contributed by atoms with Crippen LogP contribution in [0.15, 0.2) is 140 Å². The third-order valence-electron chi connectivity index (χ3n) is 10.3. The van der Waals surface area contributed by atoms with E-state index < -0.39 is 18.0 Å². The van der Waals surface area contributed by atoms with Crippen molar-refractivity contribution in [2.45, 2.75) is 63.3 Å². The minimum Gasteiger partial charge on any atom is -0.318 e. The maximum Gasteiger partial charge on any atom is 0.0532 e. The average molecular weight is 799 g/mol. The maximum absolute atomic E-state index is 5.69. The van der Waals surface area contributed by atoms with E-state index in [0.717, 1.165) is 18.0 Å². The van der Waals surface area contributed by atoms with E-state index >= 15 is 0 Å². The SMILES string of the molecule is CCCC[Si]=[Zr]([Cl])[Cl].c1cc(-n2c3ccccc3c3ccccc32)c2cc(C3CC3)[cH-]c2c1.c1ccc(-c2cccc3[cH-]c(C4CC4)cc23)cc1. The molecule has 5 heteroatoms. The van der Waals surface area contributed by atoms with E-state index in [1.54, 1.807) is 0 Å². The summed E-state index contributed by atoms with van der Waals surface area (Å²) in [6, 6.07) is 52.3. The van der Waals surface area contributed by atoms with Crippen LogP contribution in [0.1, 0.15) is 68.4 Å². The Morgan fingerprint density at radius 2 is 1.18 bits per heavy atom. The molecule has 2 fully saturated rings. The second-order valence-electron chi connectivity index (χ2n) is 14.0. The van der Waals surface area contributed by atoms with Crippen LogP contribution in [0.3, 0.4) is 0 Å². The largest absolute Gasteiger partial charge is 0.318 e. The van der Waals surface area contributed by atoms with Crippen molar-refractivity contribution in [1.82, 2.24) is 4.57 Å². The number of fused-ring (bicyclic) bond motifs is 5. The van der Waals surface area contributed by atoms with Crippen LogP contribution >= 0.6 is 17.0 Å². The number of benzene rings is 5. The number of hydrogen-bond donors (Lipinski definition) is 0. The third kappa shape index (κ3) is 7.79. The summed E-state index contributed by atoms with van der Waals surface area (Å²) in [5, 5.41) is 8.18. The molecule has 1 heterocycles. The molecule has 2 saturated carbocycles. The van der Waals surface area contributed by atoms with Gasteiger partial charge in [0.25, 0.3) is 0 Å². The molecule has 7 aromatic carbocycles. The first kappa shape index (κ1) is 34.9. The number of nitrogens with zero attached hydrogens (tertiary/aromatic N) is 1. The molecule has 0 saturated heterocycles. The zero-order chi connectivity index (χ0) is 34.7. The molecule has 0 bridgehead atoms. The second-order valence-corrected chi connectivity index (χ2v) is 31.1. The Hall–Kier alpha value is -3.20. The summed E-state index contributed by atoms with van der Waals surface area (Å²) in [5.41, 5.74) is 9.59. The fraction of sp³-hybridized carbons (Fsp3) is 0.217. The summed E-state index contributed by atoms with van der Waals surface area (Å²) < 4.78 is 2.43. The van der Waals surface area contributed by atoms with Gasteiger partial charge in [-0.2, -0.15) is 12.1 Å². The van der Waals surface area contributed by atoms with Crippen molar-refractivity contribution in [3.63, 3.8) is 0 Å². The van der Waals surface area contributed by atoms with Crippen molar-refractivity contribution < 1.29 is 18.0 Å². The molecule has 10 rings (SSSR count). The van der Waals surface area contributed by atoms with Crippen LogP contribution < -0.4 is 0 Å². The van der Waals surface area contributed by atoms with Crippen molar-refractivity contribution in [3.8, 4) is 16.8 Å². The van der Waals surface area contributed by atoms with Gasteiger partial charge in [0.2, 0.25) is 0 Å². The molecule has 2 aliphatic rings. The smallest absolute Gasteiger partial charge is 0.0532 e. The third-order valence-corrected chi connectivity index (χ3v) is 19.7. The van der Waals surface area contributed by atoms with Crippen molar-refractivity contribution >= 4 is 66.5 Å². The zero-order valence-electron chi connectivity index (χ0n) is 29.1. The fourth-order valence-electron chi connectivity index (χ4n) is 7.41. The predicted molar refractivity (Wildman–Crippen MR) is 220 cm³/mol. The zero-order valence-corrected chi connectivity index (χ0v) is 34.1. The molecular weight excluding hydrogens is 757 g/mol. The Bertz CT molecular complexity index is 2400. The number of rotatable bonds is 7. The molecule has 0 unspecified atom stereocenters. The first-order valence-corrected chi connectivity index (χ1v) is 29.7. The molecule has 0 amide bonds. The van der Waals surface area contributed by atoms with Gasteiger partial charge < -0.3 is 4.57 Å². The van der Waals surface area contributed by atoms with Gasteiger partial charge >= 0.3 is 67.0 Å². The molecule has 0 spiro atoms. The molecule has 2 aliphatic carbocycles. The number of unbranched alkanes of at least 4 members (excludes halogenated alkanes) is 1. The van der Waals surface area contributed by atoms with Gasteiger partial charge in [-0.15, -0.1) is 69.1 Å². The van der Waals surface area contributed by atoms with Crippen LogP contribution in [-0.4, -0.2) is 10.7 Å². The minimum atomic E-state index is -1.69. The fourth-order valence-corrected chi connectivity index (χ4v) is 14.2. The van der Waals surface area contributed by atoms with E-state index in [0.29, 0.717) is 0 Å². The maximum atomic E-state index is 5.69. The topological polar surface area (TPSA) is 4.93 Å². The molecule has 51 heavy (non-hydrogen) atoms. The molecule has 8 aromatic rings. The van der Waals surface area contributed by atoms with Crippen LogP contribution in [0.5, 0.6) is 0 Å². The summed E-state index contributed by atoms with van der Waals surface area (Å²) >= 11 is -1.69. The van der Waals surface area contributed by atoms with Crippen LogP contribution in [0, 0.1) is 0 Å². The van der Waals surface area contributed by atoms with Gasteiger partial charge in [0.1, 0.15) is 0 Å². The van der Waals surface area contributed by atoms with Crippen LogP contribution in [0.2, 0.25) is 6.04 Å². The first-order valence-electron chi connectivity index (χ1n) is 18.4. The standard InChI is InChI=1S/C24H18N.C18H15.C4H9Si.2ClH.Zr/c1-3-9-22-19(7-1)20-8-2-4-10-23(20)25(22)24-11-5-6-17-14-18(15-21(17)24)16-12-13-16;1-2-5-14(6-3-1)17-8-4-7-15-11-16(12-18(15)17)13-9-10-13;1-2-3-4-5;;;/h1-11,14-16H,12-13H2;1-8,11-13H,9-10H2;2-4H2,1H3;2*1H;/q2*-1;;;;+2/p-2. The van der Waals surface area contributed by atoms with Crippen LogP contribution in [-0.2, 0) is 18.0 Å². The van der Waals surface area contributed by atoms with E-state index in [1.807, 2.05) is 0 Å². The van der Waals surface area contributed by atoms with E-state index in [2.05, 4.69) is 151 Å². The summed E-state index contributed by atoms with van der Waals surface area (Å²) in [5.74, 6) is 1.62. The van der Waals surface area contributed by atoms with Crippen molar-refractivity contribution in [2.24, 2.45) is 0 Å². The van der Waals surface area contributed by atoms with E-state index in [-0.39, 0.29) is 0 Å². The van der Waals surface area contributed by atoms with Crippen molar-refractivity contribution in [1.29, 1.82) is 0 Å². The number of halogens is 2. The Kier molecular flexibility index (Phi) is 10.8. The molecule has 0 N–H and O–H groups in total. The van der Waals surface area contributed by atoms with Gasteiger partial charge in [-0.1, -0.05) is 84.4 Å². The summed E-state index contributed by atoms with van der Waals surface area (Å²) in [4.78, 5) is 0. The quantitative estimate of drug-likeness (QED) is 0.0860. The van der Waals surface area contributed by atoms with Gasteiger partial charge in [0, 0.05) is 16.5 Å². The summed E-state index contributed by atoms with van der Waals surface area (Å²) in [6.07, 6.45) is 8.95. The van der Waals surface area contributed by atoms with E-state index in [4.69, 9.17) is 17.0 Å². The van der Waals surface area contributed by atoms with Gasteiger partial charge in [-0.05, 0) is 55.2 Å². The van der Waals surface area contributed by atoms with Crippen LogP contribution in [0.4, 0.5) is 0 Å². The van der Waals surface area contributed by atoms with Gasteiger partial charge in [-0.3, -0.25) is 0 Å². The van der Waals surface area contributed by atoms with Gasteiger partial charge in [-0.25, -0.2) is 0 Å². The Balaban J connectivity index is 0.000000126. The van der Waals surface area contributed by atoms with E-state index in [1.165, 1.54) is 116 Å². The number of hydrogen-bond acceptors (Lipinski definition) is 0. The predicted octanol–water partition coefficient (Wildman–Crippen LogP) is 14.4. The average Bonchev–Trinajstić information content (AvgIpc) is 4.09. The first-order chi connectivity index (χ1) is 25.1.